The van der Waals surface area contributed by atoms with Crippen molar-refractivity contribution in [1.29, 1.82) is 0 Å². The first-order chi connectivity index (χ1) is 31.2. The van der Waals surface area contributed by atoms with Crippen LogP contribution in [0, 0.1) is 50.6 Å². The molecule has 342 valence electrons. The van der Waals surface area contributed by atoms with Crippen LogP contribution in [0.5, 0.6) is 5.75 Å². The van der Waals surface area contributed by atoms with Crippen molar-refractivity contribution < 1.29 is 67.8 Å². The zero-order chi connectivity index (χ0) is 48.6. The fourth-order valence-corrected chi connectivity index (χ4v) is 6.59. The van der Waals surface area contributed by atoms with Crippen molar-refractivity contribution in [2.24, 2.45) is 0 Å². The van der Waals surface area contributed by atoms with E-state index in [1.54, 1.807) is 33.0 Å². The molecule has 0 radical (unpaired) electrons. The van der Waals surface area contributed by atoms with Gasteiger partial charge in [0.05, 0.1) is 71.5 Å². The van der Waals surface area contributed by atoms with Gasteiger partial charge in [-0.05, 0) is 37.1 Å². The standard InChI is InChI=1S/C41H34N6O19/c1-22-35(38(48)49)37(25-5-4-6-28(13-25)43(53)54)36(23(2)42(22)3)41(52)63-12-11-24-7-9-33(10-8-24)64-20-34(66-40(51)27-16-31(46(59)60)19-32(17-27)47(61)62)21-65-39(50)26-14-29(44(55)56)18-30(15-26)45(57)58/h4-10,13-19,34,37H,11-12,20-21H2,1-3H3,(H,48,49). The maximum Gasteiger partial charge on any atom is 0.339 e. The van der Waals surface area contributed by atoms with Gasteiger partial charge in [0, 0.05) is 61.3 Å². The Bertz CT molecular complexity index is 2690. The van der Waals surface area contributed by atoms with Gasteiger partial charge < -0.3 is 29.0 Å². The van der Waals surface area contributed by atoms with Crippen molar-refractivity contribution in [1.82, 2.24) is 4.90 Å². The van der Waals surface area contributed by atoms with Crippen molar-refractivity contribution in [2.75, 3.05) is 26.9 Å². The van der Waals surface area contributed by atoms with Crippen LogP contribution >= 0.6 is 0 Å². The van der Waals surface area contributed by atoms with Crippen molar-refractivity contribution in [3.05, 3.63) is 180 Å². The summed E-state index contributed by atoms with van der Waals surface area (Å²) in [6, 6.07) is 15.3. The van der Waals surface area contributed by atoms with Crippen LogP contribution in [0.1, 0.15) is 51.6 Å². The summed E-state index contributed by atoms with van der Waals surface area (Å²) >= 11 is 0. The van der Waals surface area contributed by atoms with E-state index in [0.29, 0.717) is 53.4 Å². The van der Waals surface area contributed by atoms with Gasteiger partial charge in [0.25, 0.3) is 28.4 Å². The van der Waals surface area contributed by atoms with Crippen LogP contribution in [-0.2, 0) is 30.2 Å². The Kier molecular flexibility index (Phi) is 14.8. The lowest BCUT2D eigenvalue weighted by Crippen LogP contribution is -2.33. The summed E-state index contributed by atoms with van der Waals surface area (Å²) < 4.78 is 21.8. The molecule has 0 saturated heterocycles. The molecule has 4 aromatic carbocycles. The zero-order valence-electron chi connectivity index (χ0n) is 34.5. The van der Waals surface area contributed by atoms with E-state index in [9.17, 15) is 74.9 Å². The number of nitro groups is 5. The quantitative estimate of drug-likeness (QED) is 0.0478. The van der Waals surface area contributed by atoms with Crippen molar-refractivity contribution >= 4 is 52.3 Å². The van der Waals surface area contributed by atoms with E-state index in [-0.39, 0.29) is 41.2 Å². The first-order valence-electron chi connectivity index (χ1n) is 18.9. The Balaban J connectivity index is 1.30. The van der Waals surface area contributed by atoms with Crippen molar-refractivity contribution in [2.45, 2.75) is 32.3 Å². The number of benzene rings is 4. The number of carbonyl (C=O) groups excluding carboxylic acids is 3. The molecule has 25 nitrogen and oxygen atoms in total. The highest BCUT2D eigenvalue weighted by Gasteiger charge is 2.39. The lowest BCUT2D eigenvalue weighted by Gasteiger charge is -2.35. The third kappa shape index (κ3) is 11.3. The van der Waals surface area contributed by atoms with E-state index >= 15 is 0 Å². The topological polar surface area (TPSA) is 344 Å². The SMILES string of the molecule is CC1=C(C(=O)O)C(c2cccc([N+](=O)[O-])c2)C(C(=O)OCCc2ccc(OCC(COC(=O)c3cc([N+](=O)[O-])cc([N+](=O)[O-])c3)OC(=O)c3cc([N+](=O)[O-])cc([N+](=O)[O-])c3)cc2)=C(C)N1C. The molecule has 5 rings (SSSR count). The molecule has 1 aliphatic rings. The van der Waals surface area contributed by atoms with Crippen LogP contribution < -0.4 is 4.74 Å². The van der Waals surface area contributed by atoms with Gasteiger partial charge >= 0.3 is 23.9 Å². The Morgan fingerprint density at radius 2 is 1.12 bits per heavy atom. The van der Waals surface area contributed by atoms with Crippen LogP contribution in [-0.4, -0.2) is 91.5 Å². The second-order valence-corrected chi connectivity index (χ2v) is 14.1. The van der Waals surface area contributed by atoms with Gasteiger partial charge in [-0.1, -0.05) is 24.3 Å². The highest BCUT2D eigenvalue weighted by atomic mass is 16.6. The fraction of sp³-hybridized carbons (Fsp3) is 0.220. The van der Waals surface area contributed by atoms with Crippen molar-refractivity contribution in [3.63, 3.8) is 0 Å². The highest BCUT2D eigenvalue weighted by Crippen LogP contribution is 2.42. The Morgan fingerprint density at radius 1 is 0.621 bits per heavy atom. The maximum atomic E-state index is 13.7. The minimum absolute atomic E-state index is 0.0409. The molecule has 1 heterocycles. The predicted octanol–water partition coefficient (Wildman–Crippen LogP) is 6.14. The normalized spacial score (nSPS) is 13.9. The maximum absolute atomic E-state index is 13.7. The fourth-order valence-electron chi connectivity index (χ4n) is 6.59. The number of aliphatic carboxylic acids is 1. The molecule has 1 N–H and O–H groups in total. The Hall–Kier alpha value is -9.16. The predicted molar refractivity (Wildman–Crippen MR) is 222 cm³/mol. The number of hydrogen-bond donors (Lipinski definition) is 1. The third-order valence-electron chi connectivity index (χ3n) is 10.0. The van der Waals surface area contributed by atoms with E-state index in [4.69, 9.17) is 18.9 Å². The second-order valence-electron chi connectivity index (χ2n) is 14.1. The van der Waals surface area contributed by atoms with E-state index in [1.165, 1.54) is 41.3 Å². The van der Waals surface area contributed by atoms with E-state index < -0.39 is 108 Å². The molecule has 66 heavy (non-hydrogen) atoms. The molecule has 0 aliphatic carbocycles. The van der Waals surface area contributed by atoms with E-state index in [0.717, 1.165) is 0 Å². The number of carboxylic acids is 1. The van der Waals surface area contributed by atoms with Gasteiger partial charge in [0.1, 0.15) is 19.0 Å². The van der Waals surface area contributed by atoms with E-state index in [1.807, 2.05) is 0 Å². The number of nitro benzene ring substituents is 5. The summed E-state index contributed by atoms with van der Waals surface area (Å²) in [4.78, 5) is 106. The van der Waals surface area contributed by atoms with Crippen LogP contribution in [0.15, 0.2) is 107 Å². The summed E-state index contributed by atoms with van der Waals surface area (Å²) in [7, 11) is 1.56. The zero-order valence-corrected chi connectivity index (χ0v) is 34.5. The average molecular weight is 915 g/mol. The number of ether oxygens (including phenoxy) is 4. The molecule has 0 aromatic heterocycles. The highest BCUT2D eigenvalue weighted by molar-refractivity contribution is 5.99. The van der Waals surface area contributed by atoms with Gasteiger partial charge in [0.15, 0.2) is 6.10 Å². The molecular weight excluding hydrogens is 880 g/mol. The van der Waals surface area contributed by atoms with Crippen LogP contribution in [0.2, 0.25) is 0 Å². The molecule has 0 amide bonds. The molecule has 0 spiro atoms. The number of esters is 3. The molecule has 0 bridgehead atoms. The van der Waals surface area contributed by atoms with Gasteiger partial charge in [-0.25, -0.2) is 19.2 Å². The van der Waals surface area contributed by atoms with Gasteiger partial charge in [-0.3, -0.25) is 50.6 Å². The molecule has 4 aromatic rings. The lowest BCUT2D eigenvalue weighted by molar-refractivity contribution is -0.394. The first-order valence-corrected chi connectivity index (χ1v) is 18.9. The molecular formula is C41H34N6O19. The van der Waals surface area contributed by atoms with Crippen LogP contribution in [0.4, 0.5) is 28.4 Å². The van der Waals surface area contributed by atoms with Gasteiger partial charge in [-0.2, -0.15) is 0 Å². The number of carboxylic acid groups (broad SMARTS) is 1. The second kappa shape index (κ2) is 20.4. The summed E-state index contributed by atoms with van der Waals surface area (Å²) in [5, 5.41) is 67.2. The average Bonchev–Trinajstić information content (AvgIpc) is 3.28. The van der Waals surface area contributed by atoms with Crippen LogP contribution in [0.3, 0.4) is 0 Å². The molecule has 0 fully saturated rings. The largest absolute Gasteiger partial charge is 0.490 e. The first kappa shape index (κ1) is 47.9. The van der Waals surface area contributed by atoms with E-state index in [2.05, 4.69) is 0 Å². The molecule has 2 atom stereocenters. The minimum atomic E-state index is -1.57. The van der Waals surface area contributed by atoms with Gasteiger partial charge in [-0.15, -0.1) is 0 Å². The van der Waals surface area contributed by atoms with Crippen molar-refractivity contribution in [3.8, 4) is 5.75 Å². The Morgan fingerprint density at radius 3 is 1.62 bits per heavy atom. The Labute approximate surface area is 369 Å². The number of non-ortho nitro benzene ring substituents is 5. The number of hydrogen-bond acceptors (Lipinski definition) is 19. The summed E-state index contributed by atoms with van der Waals surface area (Å²) in [6.07, 6.45) is -1.45. The lowest BCUT2D eigenvalue weighted by atomic mass is 9.80. The molecule has 25 heteroatoms. The minimum Gasteiger partial charge on any atom is -0.490 e. The smallest absolute Gasteiger partial charge is 0.339 e. The number of rotatable bonds is 19. The molecule has 1 aliphatic heterocycles. The van der Waals surface area contributed by atoms with Crippen LogP contribution in [0.25, 0.3) is 0 Å². The molecule has 0 saturated carbocycles. The summed E-state index contributed by atoms with van der Waals surface area (Å²) in [5.74, 6) is -5.97. The third-order valence-corrected chi connectivity index (χ3v) is 10.0. The summed E-state index contributed by atoms with van der Waals surface area (Å²) in [6.45, 7) is 1.45. The number of allylic oxidation sites excluding steroid dienone is 2. The number of carbonyl (C=O) groups is 4. The number of nitrogens with zero attached hydrogens (tertiary/aromatic N) is 6. The summed E-state index contributed by atoms with van der Waals surface area (Å²) in [5.41, 5.74) is -3.60. The molecule has 2 unspecified atom stereocenters. The van der Waals surface area contributed by atoms with Gasteiger partial charge in [0.2, 0.25) is 0 Å². The monoisotopic (exact) mass is 914 g/mol.